The molecule has 0 aliphatic heterocycles. The molecule has 0 atom stereocenters. The quantitative estimate of drug-likeness (QED) is 0.731. The van der Waals surface area contributed by atoms with E-state index in [9.17, 15) is 21.6 Å². The molecule has 3 aromatic rings. The predicted molar refractivity (Wildman–Crippen MR) is 92.1 cm³/mol. The molecule has 3 rings (SSSR count). The number of aryl methyl sites for hydroxylation is 3. The maximum absolute atomic E-state index is 13.2. The third-order valence-corrected chi connectivity index (χ3v) is 5.28. The van der Waals surface area contributed by atoms with Crippen molar-refractivity contribution in [2.24, 2.45) is 7.05 Å². The van der Waals surface area contributed by atoms with Crippen molar-refractivity contribution in [1.29, 1.82) is 0 Å². The van der Waals surface area contributed by atoms with Crippen molar-refractivity contribution in [2.45, 2.75) is 25.0 Å². The molecule has 0 fully saturated rings. The number of halogens is 3. The van der Waals surface area contributed by atoms with E-state index in [0.717, 1.165) is 18.2 Å². The molecule has 0 spiro atoms. The predicted octanol–water partition coefficient (Wildman–Crippen LogP) is 3.04. The molecule has 0 aliphatic rings. The summed E-state index contributed by atoms with van der Waals surface area (Å²) < 4.78 is 69.4. The summed E-state index contributed by atoms with van der Waals surface area (Å²) in [5.41, 5.74) is 0.721. The van der Waals surface area contributed by atoms with Crippen LogP contribution in [0.2, 0.25) is 0 Å². The van der Waals surface area contributed by atoms with E-state index in [1.807, 2.05) is 6.92 Å². The van der Waals surface area contributed by atoms with Gasteiger partial charge < -0.3 is 0 Å². The summed E-state index contributed by atoms with van der Waals surface area (Å²) >= 11 is 0. The van der Waals surface area contributed by atoms with Crippen LogP contribution < -0.4 is 4.72 Å². The van der Waals surface area contributed by atoms with Gasteiger partial charge in [0, 0.05) is 13.2 Å². The molecule has 144 valence electrons. The van der Waals surface area contributed by atoms with Crippen LogP contribution in [0.5, 0.6) is 0 Å². The number of aromatic nitrogens is 4. The maximum atomic E-state index is 13.2. The van der Waals surface area contributed by atoms with Gasteiger partial charge in [0.25, 0.3) is 10.0 Å². The maximum Gasteiger partial charge on any atom is 0.420 e. The Morgan fingerprint density at radius 3 is 2.37 bits per heavy atom. The molecule has 0 saturated carbocycles. The molecule has 2 aromatic heterocycles. The van der Waals surface area contributed by atoms with Gasteiger partial charge >= 0.3 is 6.18 Å². The Hall–Kier alpha value is -2.82. The van der Waals surface area contributed by atoms with Gasteiger partial charge in [0.2, 0.25) is 0 Å². The third kappa shape index (κ3) is 3.68. The van der Waals surface area contributed by atoms with Gasteiger partial charge in [-0.2, -0.15) is 31.8 Å². The fourth-order valence-electron chi connectivity index (χ4n) is 2.61. The van der Waals surface area contributed by atoms with Crippen molar-refractivity contribution in [3.63, 3.8) is 0 Å². The summed E-state index contributed by atoms with van der Waals surface area (Å²) in [6, 6.07) is 4.90. The van der Waals surface area contributed by atoms with E-state index in [2.05, 4.69) is 14.9 Å². The average Bonchev–Trinajstić information content (AvgIpc) is 3.13. The molecule has 2 heterocycles. The number of rotatable bonds is 4. The normalized spacial score (nSPS) is 12.4. The van der Waals surface area contributed by atoms with Crippen LogP contribution in [-0.2, 0) is 23.2 Å². The molecule has 0 radical (unpaired) electrons. The summed E-state index contributed by atoms with van der Waals surface area (Å²) in [4.78, 5) is 0. The number of benzene rings is 1. The Balaban J connectivity index is 2.11. The molecule has 1 N–H and O–H groups in total. The molecule has 1 aromatic carbocycles. The lowest BCUT2D eigenvalue weighted by molar-refractivity contribution is -0.140. The monoisotopic (exact) mass is 399 g/mol. The van der Waals surface area contributed by atoms with Crippen molar-refractivity contribution in [3.8, 4) is 5.69 Å². The second kappa shape index (κ2) is 6.41. The molecule has 7 nitrogen and oxygen atoms in total. The average molecular weight is 399 g/mol. The minimum atomic E-state index is -4.85. The van der Waals surface area contributed by atoms with Crippen molar-refractivity contribution in [3.05, 3.63) is 53.5 Å². The minimum Gasteiger partial charge on any atom is -0.276 e. The van der Waals surface area contributed by atoms with Crippen LogP contribution in [0.3, 0.4) is 0 Å². The molecule has 27 heavy (non-hydrogen) atoms. The highest BCUT2D eigenvalue weighted by Gasteiger charge is 2.40. The van der Waals surface area contributed by atoms with Crippen LogP contribution in [0, 0.1) is 13.8 Å². The highest BCUT2D eigenvalue weighted by molar-refractivity contribution is 7.92. The van der Waals surface area contributed by atoms with E-state index in [0.29, 0.717) is 16.6 Å². The van der Waals surface area contributed by atoms with Gasteiger partial charge in [-0.05, 0) is 37.1 Å². The Morgan fingerprint density at radius 2 is 1.78 bits per heavy atom. The Morgan fingerprint density at radius 1 is 1.07 bits per heavy atom. The number of anilines is 1. The molecule has 0 bridgehead atoms. The van der Waals surface area contributed by atoms with Crippen molar-refractivity contribution in [1.82, 2.24) is 19.6 Å². The van der Waals surface area contributed by atoms with Gasteiger partial charge in [0.05, 0.1) is 23.8 Å². The van der Waals surface area contributed by atoms with Crippen LogP contribution in [0.1, 0.15) is 16.7 Å². The standard InChI is InChI=1S/C16H16F3N5O2S/c1-10-4-5-14(24-9-11(2)7-21-24)13(6-10)22-27(25,26)15-12(16(17,18)19)8-20-23(15)3/h4-9,22H,1-3H3. The van der Waals surface area contributed by atoms with E-state index in [1.165, 1.54) is 10.7 Å². The summed E-state index contributed by atoms with van der Waals surface area (Å²) in [5.74, 6) is 0. The molecule has 0 unspecified atom stereocenters. The zero-order chi connectivity index (χ0) is 20.0. The van der Waals surface area contributed by atoms with E-state index < -0.39 is 26.8 Å². The van der Waals surface area contributed by atoms with E-state index in [4.69, 9.17) is 0 Å². The van der Waals surface area contributed by atoms with Crippen molar-refractivity contribution in [2.75, 3.05) is 4.72 Å². The lowest BCUT2D eigenvalue weighted by atomic mass is 10.2. The largest absolute Gasteiger partial charge is 0.420 e. The van der Waals surface area contributed by atoms with Crippen LogP contribution in [0.15, 0.2) is 41.8 Å². The summed E-state index contributed by atoms with van der Waals surface area (Å²) in [6.07, 6.45) is -1.11. The fourth-order valence-corrected chi connectivity index (χ4v) is 4.01. The lowest BCUT2D eigenvalue weighted by Crippen LogP contribution is -2.21. The van der Waals surface area contributed by atoms with Gasteiger partial charge in [-0.1, -0.05) is 6.07 Å². The van der Waals surface area contributed by atoms with E-state index >= 15 is 0 Å². The first-order valence-corrected chi connectivity index (χ1v) is 9.21. The van der Waals surface area contributed by atoms with Gasteiger partial charge in [-0.25, -0.2) is 4.68 Å². The molecule has 0 saturated heterocycles. The van der Waals surface area contributed by atoms with Gasteiger partial charge in [0.15, 0.2) is 5.03 Å². The number of hydrogen-bond donors (Lipinski definition) is 1. The Bertz CT molecular complexity index is 1100. The van der Waals surface area contributed by atoms with Crippen LogP contribution in [0.25, 0.3) is 5.69 Å². The molecular weight excluding hydrogens is 383 g/mol. The molecule has 11 heteroatoms. The highest BCUT2D eigenvalue weighted by atomic mass is 32.2. The molecule has 0 amide bonds. The third-order valence-electron chi connectivity index (χ3n) is 3.80. The van der Waals surface area contributed by atoms with Crippen LogP contribution in [-0.4, -0.2) is 28.0 Å². The second-order valence-corrected chi connectivity index (χ2v) is 7.67. The van der Waals surface area contributed by atoms with Crippen molar-refractivity contribution < 1.29 is 21.6 Å². The minimum absolute atomic E-state index is 0.104. The highest BCUT2D eigenvalue weighted by Crippen LogP contribution is 2.35. The fraction of sp³-hybridized carbons (Fsp3) is 0.250. The number of sulfonamides is 1. The second-order valence-electron chi connectivity index (χ2n) is 6.07. The SMILES string of the molecule is Cc1ccc(-n2cc(C)cn2)c(NS(=O)(=O)c2c(C(F)(F)F)cnn2C)c1. The van der Waals surface area contributed by atoms with Crippen molar-refractivity contribution >= 4 is 15.7 Å². The van der Waals surface area contributed by atoms with E-state index in [-0.39, 0.29) is 5.69 Å². The summed E-state index contributed by atoms with van der Waals surface area (Å²) in [7, 11) is -3.43. The smallest absolute Gasteiger partial charge is 0.276 e. The van der Waals surface area contributed by atoms with Crippen LogP contribution >= 0.6 is 0 Å². The van der Waals surface area contributed by atoms with Gasteiger partial charge in [-0.15, -0.1) is 0 Å². The Kier molecular flexibility index (Phi) is 4.50. The zero-order valence-electron chi connectivity index (χ0n) is 14.6. The number of nitrogens with zero attached hydrogens (tertiary/aromatic N) is 4. The molecule has 0 aliphatic carbocycles. The zero-order valence-corrected chi connectivity index (χ0v) is 15.4. The summed E-state index contributed by atoms with van der Waals surface area (Å²) in [5, 5.41) is 6.62. The first kappa shape index (κ1) is 19.0. The topological polar surface area (TPSA) is 81.8 Å². The number of alkyl halides is 3. The molecular formula is C16H16F3N5O2S. The van der Waals surface area contributed by atoms with E-state index in [1.54, 1.807) is 31.5 Å². The van der Waals surface area contributed by atoms with Gasteiger partial charge in [0.1, 0.15) is 5.56 Å². The summed E-state index contributed by atoms with van der Waals surface area (Å²) in [6.45, 7) is 3.55. The first-order chi connectivity index (χ1) is 12.5. The lowest BCUT2D eigenvalue weighted by Gasteiger charge is -2.15. The Labute approximate surface area is 153 Å². The number of hydrogen-bond acceptors (Lipinski definition) is 4. The number of nitrogens with one attached hydrogen (secondary N) is 1. The first-order valence-electron chi connectivity index (χ1n) is 7.73. The van der Waals surface area contributed by atoms with Gasteiger partial charge in [-0.3, -0.25) is 9.40 Å². The van der Waals surface area contributed by atoms with Crippen LogP contribution in [0.4, 0.5) is 18.9 Å².